The van der Waals surface area contributed by atoms with Crippen LogP contribution in [0.25, 0.3) is 0 Å². The summed E-state index contributed by atoms with van der Waals surface area (Å²) in [6.45, 7) is 3.51. The normalized spacial score (nSPS) is 24.9. The average molecular weight is 258 g/mol. The molecule has 0 aromatic rings. The first-order valence-corrected chi connectivity index (χ1v) is 6.28. The highest BCUT2D eigenvalue weighted by Gasteiger charge is 2.30. The van der Waals surface area contributed by atoms with Crippen molar-refractivity contribution in [3.8, 4) is 0 Å². The Balaban J connectivity index is 2.47. The minimum Gasteiger partial charge on any atom is -0.480 e. The summed E-state index contributed by atoms with van der Waals surface area (Å²) in [5, 5.41) is 14.2. The minimum atomic E-state index is -1.02. The highest BCUT2D eigenvalue weighted by Crippen LogP contribution is 2.21. The largest absolute Gasteiger partial charge is 0.480 e. The van der Waals surface area contributed by atoms with Crippen LogP contribution in [0.5, 0.6) is 0 Å². The quantitative estimate of drug-likeness (QED) is 0.685. The first-order valence-electron chi connectivity index (χ1n) is 6.28. The van der Waals surface area contributed by atoms with E-state index in [2.05, 4.69) is 10.6 Å². The highest BCUT2D eigenvalue weighted by molar-refractivity contribution is 5.82. The summed E-state index contributed by atoms with van der Waals surface area (Å²) >= 11 is 0. The molecule has 6 nitrogen and oxygen atoms in total. The number of nitrogens with one attached hydrogen (secondary N) is 2. The maximum Gasteiger partial charge on any atom is 0.326 e. The number of hydrogen-bond donors (Lipinski definition) is 3. The predicted molar refractivity (Wildman–Crippen MR) is 66.4 cm³/mol. The molecular formula is C12H22N2O4. The third kappa shape index (κ3) is 3.87. The number of carbonyl (C=O) groups excluding carboxylic acids is 1. The van der Waals surface area contributed by atoms with Gasteiger partial charge in [0.25, 0.3) is 0 Å². The standard InChI is InChI=1S/C12H22N2O4/c1-7(2)10(11(15)16)14-12(17)13-8-5-4-6-9(8)18-3/h7-10H,4-6H2,1-3H3,(H,15,16)(H2,13,14,17)/t8?,9?,10-/m1/s1. The van der Waals surface area contributed by atoms with Gasteiger partial charge in [0, 0.05) is 7.11 Å². The number of carboxylic acid groups (broad SMARTS) is 1. The molecule has 0 aromatic carbocycles. The van der Waals surface area contributed by atoms with Crippen molar-refractivity contribution < 1.29 is 19.4 Å². The first kappa shape index (κ1) is 14.8. The topological polar surface area (TPSA) is 87.7 Å². The lowest BCUT2D eigenvalue weighted by Crippen LogP contribution is -2.52. The van der Waals surface area contributed by atoms with E-state index in [-0.39, 0.29) is 18.1 Å². The van der Waals surface area contributed by atoms with Crippen molar-refractivity contribution >= 4 is 12.0 Å². The van der Waals surface area contributed by atoms with Crippen molar-refractivity contribution in [1.29, 1.82) is 0 Å². The molecular weight excluding hydrogens is 236 g/mol. The Morgan fingerprint density at radius 1 is 1.33 bits per heavy atom. The molecule has 0 aliphatic heterocycles. The van der Waals surface area contributed by atoms with E-state index in [1.54, 1.807) is 21.0 Å². The molecule has 2 amide bonds. The van der Waals surface area contributed by atoms with Crippen LogP contribution in [-0.4, -0.2) is 42.4 Å². The lowest BCUT2D eigenvalue weighted by atomic mass is 10.1. The number of ether oxygens (including phenoxy) is 1. The lowest BCUT2D eigenvalue weighted by molar-refractivity contribution is -0.140. The van der Waals surface area contributed by atoms with Crippen LogP contribution in [0.1, 0.15) is 33.1 Å². The Morgan fingerprint density at radius 3 is 2.50 bits per heavy atom. The van der Waals surface area contributed by atoms with Crippen LogP contribution in [0, 0.1) is 5.92 Å². The second kappa shape index (κ2) is 6.58. The van der Waals surface area contributed by atoms with Gasteiger partial charge in [0.2, 0.25) is 0 Å². The first-order chi connectivity index (χ1) is 8.45. The van der Waals surface area contributed by atoms with E-state index in [1.165, 1.54) is 0 Å². The Hall–Kier alpha value is -1.30. The molecule has 3 atom stereocenters. The molecule has 0 bridgehead atoms. The van der Waals surface area contributed by atoms with E-state index in [0.717, 1.165) is 19.3 Å². The van der Waals surface area contributed by atoms with Gasteiger partial charge in [-0.3, -0.25) is 0 Å². The maximum atomic E-state index is 11.7. The fraction of sp³-hybridized carbons (Fsp3) is 0.833. The number of methoxy groups -OCH3 is 1. The van der Waals surface area contributed by atoms with Gasteiger partial charge in [0.15, 0.2) is 0 Å². The number of rotatable bonds is 5. The number of carbonyl (C=O) groups is 2. The van der Waals surface area contributed by atoms with Gasteiger partial charge in [0.1, 0.15) is 6.04 Å². The van der Waals surface area contributed by atoms with Gasteiger partial charge >= 0.3 is 12.0 Å². The van der Waals surface area contributed by atoms with Crippen LogP contribution >= 0.6 is 0 Å². The third-order valence-corrected chi connectivity index (χ3v) is 3.29. The number of amides is 2. The SMILES string of the molecule is COC1CCCC1NC(=O)N[C@@H](C(=O)O)C(C)C. The molecule has 1 saturated carbocycles. The van der Waals surface area contributed by atoms with Crippen LogP contribution in [0.2, 0.25) is 0 Å². The average Bonchev–Trinajstić information content (AvgIpc) is 2.72. The van der Waals surface area contributed by atoms with Gasteiger partial charge in [-0.2, -0.15) is 0 Å². The zero-order valence-corrected chi connectivity index (χ0v) is 11.1. The number of carboxylic acids is 1. The van der Waals surface area contributed by atoms with E-state index in [4.69, 9.17) is 9.84 Å². The Labute approximate surface area is 107 Å². The van der Waals surface area contributed by atoms with Crippen LogP contribution in [0.4, 0.5) is 4.79 Å². The molecule has 0 heterocycles. The van der Waals surface area contributed by atoms with Crippen LogP contribution < -0.4 is 10.6 Å². The minimum absolute atomic E-state index is 0.0260. The van der Waals surface area contributed by atoms with Crippen molar-refractivity contribution in [2.75, 3.05) is 7.11 Å². The molecule has 6 heteroatoms. The van der Waals surface area contributed by atoms with Crippen molar-refractivity contribution in [2.24, 2.45) is 5.92 Å². The molecule has 3 N–H and O–H groups in total. The third-order valence-electron chi connectivity index (χ3n) is 3.29. The van der Waals surface area contributed by atoms with Crippen molar-refractivity contribution in [3.63, 3.8) is 0 Å². The summed E-state index contributed by atoms with van der Waals surface area (Å²) in [4.78, 5) is 22.7. The molecule has 1 aliphatic rings. The Kier molecular flexibility index (Phi) is 5.40. The molecule has 2 unspecified atom stereocenters. The van der Waals surface area contributed by atoms with Gasteiger partial charge in [-0.15, -0.1) is 0 Å². The summed E-state index contributed by atoms with van der Waals surface area (Å²) in [5.41, 5.74) is 0. The fourth-order valence-corrected chi connectivity index (χ4v) is 2.24. The van der Waals surface area contributed by atoms with Gasteiger partial charge in [-0.1, -0.05) is 13.8 Å². The van der Waals surface area contributed by atoms with E-state index < -0.39 is 18.0 Å². The molecule has 18 heavy (non-hydrogen) atoms. The summed E-state index contributed by atoms with van der Waals surface area (Å²) in [7, 11) is 1.62. The molecule has 0 saturated heterocycles. The smallest absolute Gasteiger partial charge is 0.326 e. The monoisotopic (exact) mass is 258 g/mol. The van der Waals surface area contributed by atoms with Crippen LogP contribution in [0.15, 0.2) is 0 Å². The molecule has 1 aliphatic carbocycles. The molecule has 0 aromatic heterocycles. The Bertz CT molecular complexity index is 306. The van der Waals surface area contributed by atoms with E-state index in [9.17, 15) is 9.59 Å². The summed E-state index contributed by atoms with van der Waals surface area (Å²) in [6.07, 6.45) is 2.83. The van der Waals surface area contributed by atoms with Gasteiger partial charge in [-0.25, -0.2) is 9.59 Å². The predicted octanol–water partition coefficient (Wildman–Crippen LogP) is 0.962. The van der Waals surface area contributed by atoms with Gasteiger partial charge in [-0.05, 0) is 25.2 Å². The van der Waals surface area contributed by atoms with Crippen molar-refractivity contribution in [3.05, 3.63) is 0 Å². The Morgan fingerprint density at radius 2 is 2.00 bits per heavy atom. The molecule has 1 rings (SSSR count). The van der Waals surface area contributed by atoms with Gasteiger partial charge in [0.05, 0.1) is 12.1 Å². The number of hydrogen-bond acceptors (Lipinski definition) is 3. The fourth-order valence-electron chi connectivity index (χ4n) is 2.24. The van der Waals surface area contributed by atoms with E-state index >= 15 is 0 Å². The summed E-state index contributed by atoms with van der Waals surface area (Å²) in [5.74, 6) is -1.18. The summed E-state index contributed by atoms with van der Waals surface area (Å²) in [6, 6.07) is -1.34. The van der Waals surface area contributed by atoms with Crippen LogP contribution in [-0.2, 0) is 9.53 Å². The molecule has 1 fully saturated rings. The highest BCUT2D eigenvalue weighted by atomic mass is 16.5. The van der Waals surface area contributed by atoms with Crippen molar-refractivity contribution in [1.82, 2.24) is 10.6 Å². The summed E-state index contributed by atoms with van der Waals surface area (Å²) < 4.78 is 5.27. The maximum absolute atomic E-state index is 11.7. The second-order valence-electron chi connectivity index (χ2n) is 4.99. The molecule has 0 radical (unpaired) electrons. The van der Waals surface area contributed by atoms with Gasteiger partial charge < -0.3 is 20.5 Å². The molecule has 0 spiro atoms. The van der Waals surface area contributed by atoms with E-state index in [1.807, 2.05) is 0 Å². The lowest BCUT2D eigenvalue weighted by Gasteiger charge is -2.23. The number of urea groups is 1. The van der Waals surface area contributed by atoms with E-state index in [0.29, 0.717) is 0 Å². The van der Waals surface area contributed by atoms with Crippen LogP contribution in [0.3, 0.4) is 0 Å². The number of aliphatic carboxylic acids is 1. The van der Waals surface area contributed by atoms with Crippen molar-refractivity contribution in [2.45, 2.75) is 51.3 Å². The zero-order valence-electron chi connectivity index (χ0n) is 11.1. The second-order valence-corrected chi connectivity index (χ2v) is 4.99. The zero-order chi connectivity index (χ0) is 13.7. The molecule has 104 valence electrons.